The van der Waals surface area contributed by atoms with Gasteiger partial charge in [0.05, 0.1) is 6.54 Å². The largest absolute Gasteiger partial charge is 0.343 e. The zero-order valence-corrected chi connectivity index (χ0v) is 13.9. The maximum atomic E-state index is 12.4. The van der Waals surface area contributed by atoms with Crippen LogP contribution in [-0.2, 0) is 4.79 Å². The predicted octanol–water partition coefficient (Wildman–Crippen LogP) is 3.43. The number of carbonyl (C=O) groups is 2. The normalized spacial score (nSPS) is 10.2. The van der Waals surface area contributed by atoms with Gasteiger partial charge in [-0.05, 0) is 49.7 Å². The fourth-order valence-electron chi connectivity index (χ4n) is 2.28. The molecular weight excluding hydrogens is 312 g/mol. The van der Waals surface area contributed by atoms with Gasteiger partial charge < -0.3 is 10.2 Å². The molecule has 0 aliphatic heterocycles. The molecule has 0 fully saturated rings. The number of amides is 2. The van der Waals surface area contributed by atoms with E-state index >= 15 is 0 Å². The second-order valence-electron chi connectivity index (χ2n) is 5.17. The van der Waals surface area contributed by atoms with E-state index in [0.29, 0.717) is 17.1 Å². The lowest BCUT2D eigenvalue weighted by atomic mass is 10.2. The molecule has 23 heavy (non-hydrogen) atoms. The number of rotatable bonds is 5. The van der Waals surface area contributed by atoms with Gasteiger partial charge in [-0.1, -0.05) is 29.8 Å². The van der Waals surface area contributed by atoms with Gasteiger partial charge in [0.15, 0.2) is 0 Å². The summed E-state index contributed by atoms with van der Waals surface area (Å²) >= 11 is 5.86. The summed E-state index contributed by atoms with van der Waals surface area (Å²) in [5.74, 6) is -0.477. The van der Waals surface area contributed by atoms with Crippen molar-refractivity contribution < 1.29 is 9.59 Å². The molecule has 0 aliphatic rings. The van der Waals surface area contributed by atoms with Crippen molar-refractivity contribution in [3.8, 4) is 0 Å². The van der Waals surface area contributed by atoms with Crippen LogP contribution in [0, 0.1) is 6.92 Å². The van der Waals surface area contributed by atoms with Crippen molar-refractivity contribution in [2.45, 2.75) is 13.8 Å². The van der Waals surface area contributed by atoms with E-state index in [-0.39, 0.29) is 18.4 Å². The van der Waals surface area contributed by atoms with Crippen molar-refractivity contribution in [2.24, 2.45) is 0 Å². The number of halogens is 1. The first-order chi connectivity index (χ1) is 11.0. The van der Waals surface area contributed by atoms with Gasteiger partial charge in [0.25, 0.3) is 5.91 Å². The Balaban J connectivity index is 2.01. The van der Waals surface area contributed by atoms with Crippen LogP contribution in [0.15, 0.2) is 48.5 Å². The Morgan fingerprint density at radius 3 is 2.52 bits per heavy atom. The minimum absolute atomic E-state index is 0.0624. The quantitative estimate of drug-likeness (QED) is 0.913. The van der Waals surface area contributed by atoms with Crippen LogP contribution < -0.4 is 10.2 Å². The molecule has 0 heterocycles. The van der Waals surface area contributed by atoms with Crippen molar-refractivity contribution in [1.82, 2.24) is 5.32 Å². The summed E-state index contributed by atoms with van der Waals surface area (Å²) in [6, 6.07) is 14.3. The van der Waals surface area contributed by atoms with Crippen LogP contribution >= 0.6 is 11.6 Å². The molecular formula is C18H19ClN2O2. The van der Waals surface area contributed by atoms with E-state index in [4.69, 9.17) is 11.6 Å². The molecule has 0 bridgehead atoms. The van der Waals surface area contributed by atoms with Crippen molar-refractivity contribution in [3.63, 3.8) is 0 Å². The molecule has 0 aromatic heterocycles. The first-order valence-corrected chi connectivity index (χ1v) is 7.80. The lowest BCUT2D eigenvalue weighted by molar-refractivity contribution is -0.117. The average Bonchev–Trinajstić information content (AvgIpc) is 2.53. The fourth-order valence-corrected chi connectivity index (χ4v) is 2.47. The Labute approximate surface area is 141 Å². The highest BCUT2D eigenvalue weighted by atomic mass is 35.5. The van der Waals surface area contributed by atoms with Crippen molar-refractivity contribution >= 4 is 29.1 Å². The third-order valence-corrected chi connectivity index (χ3v) is 3.65. The number of carbonyl (C=O) groups excluding carboxylic acids is 2. The standard InChI is InChI=1S/C18H19ClN2O2/c1-3-21(16-9-4-6-13(2)10-16)17(22)12-20-18(23)14-7-5-8-15(19)11-14/h4-11H,3,12H2,1-2H3,(H,20,23). The lowest BCUT2D eigenvalue weighted by Gasteiger charge is -2.21. The van der Waals surface area contributed by atoms with Gasteiger partial charge >= 0.3 is 0 Å². The molecule has 2 rings (SSSR count). The third kappa shape index (κ3) is 4.57. The predicted molar refractivity (Wildman–Crippen MR) is 93.0 cm³/mol. The molecule has 0 atom stereocenters. The highest BCUT2D eigenvalue weighted by Crippen LogP contribution is 2.16. The molecule has 1 N–H and O–H groups in total. The molecule has 5 heteroatoms. The Hall–Kier alpha value is -2.33. The van der Waals surface area contributed by atoms with E-state index in [0.717, 1.165) is 11.3 Å². The van der Waals surface area contributed by atoms with Gasteiger partial charge in [-0.25, -0.2) is 0 Å². The number of hydrogen-bond donors (Lipinski definition) is 1. The number of benzene rings is 2. The van der Waals surface area contributed by atoms with Crippen LogP contribution in [0.1, 0.15) is 22.8 Å². The van der Waals surface area contributed by atoms with Gasteiger partial charge in [0, 0.05) is 22.8 Å². The minimum Gasteiger partial charge on any atom is -0.343 e. The summed E-state index contributed by atoms with van der Waals surface area (Å²) in [4.78, 5) is 26.1. The molecule has 120 valence electrons. The van der Waals surface area contributed by atoms with Crippen LogP contribution in [-0.4, -0.2) is 24.9 Å². The van der Waals surface area contributed by atoms with Crippen LogP contribution in [0.3, 0.4) is 0 Å². The first kappa shape index (κ1) is 17.0. The average molecular weight is 331 g/mol. The molecule has 2 amide bonds. The highest BCUT2D eigenvalue weighted by Gasteiger charge is 2.15. The maximum Gasteiger partial charge on any atom is 0.251 e. The molecule has 4 nitrogen and oxygen atoms in total. The van der Waals surface area contributed by atoms with Gasteiger partial charge in [0.2, 0.25) is 5.91 Å². The van der Waals surface area contributed by atoms with E-state index in [1.165, 1.54) is 0 Å². The van der Waals surface area contributed by atoms with E-state index in [1.54, 1.807) is 29.2 Å². The molecule has 2 aromatic carbocycles. The van der Waals surface area contributed by atoms with Crippen LogP contribution in [0.25, 0.3) is 0 Å². The monoisotopic (exact) mass is 330 g/mol. The SMILES string of the molecule is CCN(C(=O)CNC(=O)c1cccc(Cl)c1)c1cccc(C)c1. The number of aryl methyl sites for hydroxylation is 1. The van der Waals surface area contributed by atoms with E-state index in [2.05, 4.69) is 5.32 Å². The Bertz CT molecular complexity index is 716. The van der Waals surface area contributed by atoms with E-state index in [1.807, 2.05) is 38.1 Å². The van der Waals surface area contributed by atoms with Crippen molar-refractivity contribution in [2.75, 3.05) is 18.0 Å². The van der Waals surface area contributed by atoms with Gasteiger partial charge in [-0.3, -0.25) is 9.59 Å². The summed E-state index contributed by atoms with van der Waals surface area (Å²) in [5, 5.41) is 3.12. The summed E-state index contributed by atoms with van der Waals surface area (Å²) < 4.78 is 0. The summed E-state index contributed by atoms with van der Waals surface area (Å²) in [7, 11) is 0. The number of hydrogen-bond acceptors (Lipinski definition) is 2. The Kier molecular flexibility index (Phi) is 5.77. The Morgan fingerprint density at radius 2 is 1.87 bits per heavy atom. The van der Waals surface area contributed by atoms with Crippen molar-refractivity contribution in [3.05, 3.63) is 64.7 Å². The molecule has 0 aliphatic carbocycles. The molecule has 0 spiro atoms. The lowest BCUT2D eigenvalue weighted by Crippen LogP contribution is -2.40. The fraction of sp³-hybridized carbons (Fsp3) is 0.222. The third-order valence-electron chi connectivity index (χ3n) is 3.42. The second-order valence-corrected chi connectivity index (χ2v) is 5.61. The molecule has 0 radical (unpaired) electrons. The zero-order chi connectivity index (χ0) is 16.8. The summed E-state index contributed by atoms with van der Waals surface area (Å²) in [5.41, 5.74) is 2.34. The smallest absolute Gasteiger partial charge is 0.251 e. The summed E-state index contributed by atoms with van der Waals surface area (Å²) in [6.45, 7) is 4.35. The van der Waals surface area contributed by atoms with Crippen LogP contribution in [0.5, 0.6) is 0 Å². The van der Waals surface area contributed by atoms with Gasteiger partial charge in [-0.15, -0.1) is 0 Å². The Morgan fingerprint density at radius 1 is 1.13 bits per heavy atom. The minimum atomic E-state index is -0.318. The number of nitrogens with one attached hydrogen (secondary N) is 1. The van der Waals surface area contributed by atoms with Crippen LogP contribution in [0.2, 0.25) is 5.02 Å². The van der Waals surface area contributed by atoms with Gasteiger partial charge in [-0.2, -0.15) is 0 Å². The van der Waals surface area contributed by atoms with E-state index < -0.39 is 0 Å². The molecule has 0 unspecified atom stereocenters. The van der Waals surface area contributed by atoms with Crippen molar-refractivity contribution in [1.29, 1.82) is 0 Å². The second kappa shape index (κ2) is 7.79. The van der Waals surface area contributed by atoms with E-state index in [9.17, 15) is 9.59 Å². The summed E-state index contributed by atoms with van der Waals surface area (Å²) in [6.07, 6.45) is 0. The number of nitrogens with zero attached hydrogens (tertiary/aromatic N) is 1. The maximum absolute atomic E-state index is 12.4. The number of likely N-dealkylation sites (N-methyl/N-ethyl adjacent to an activating group) is 1. The van der Waals surface area contributed by atoms with Crippen LogP contribution in [0.4, 0.5) is 5.69 Å². The molecule has 0 saturated heterocycles. The topological polar surface area (TPSA) is 49.4 Å². The van der Waals surface area contributed by atoms with Gasteiger partial charge in [0.1, 0.15) is 0 Å². The highest BCUT2D eigenvalue weighted by molar-refractivity contribution is 6.31. The molecule has 2 aromatic rings. The number of anilines is 1. The zero-order valence-electron chi connectivity index (χ0n) is 13.2. The first-order valence-electron chi connectivity index (χ1n) is 7.42. The molecule has 0 saturated carbocycles.